The zero-order valence-corrected chi connectivity index (χ0v) is 20.5. The molecule has 2 N–H and O–H groups in total. The summed E-state index contributed by atoms with van der Waals surface area (Å²) in [6.45, 7) is 1.62. The van der Waals surface area contributed by atoms with E-state index in [1.54, 1.807) is 19.1 Å². The fraction of sp³-hybridized carbons (Fsp3) is 0.474. The Morgan fingerprint density at radius 1 is 1.38 bits per heavy atom. The standard InChI is InChI=1S/C19H22N4O5S4/c1-19-10-32-16(23-19)12-9-31-14(22-12)7-20-13(24)6-11(4-2-3-5-30-18(27)29)28-15(25)8-21-17(19)26/h2,4,9,11H,3,5-8,10H2,1H3,(H,20,24)(H,21,26)(H,27,29)/b4-2+. The van der Waals surface area contributed by atoms with Crippen molar-refractivity contribution < 1.29 is 23.9 Å². The topological polar surface area (TPSA) is 127 Å². The van der Waals surface area contributed by atoms with Crippen LogP contribution in [-0.2, 0) is 25.7 Å². The molecular formula is C19H22N4O5S4. The highest BCUT2D eigenvalue weighted by molar-refractivity contribution is 8.32. The van der Waals surface area contributed by atoms with Crippen molar-refractivity contribution >= 4 is 74.8 Å². The lowest BCUT2D eigenvalue weighted by atomic mass is 10.1. The third kappa shape index (κ3) is 7.09. The number of nitrogens with one attached hydrogen (secondary N) is 2. The summed E-state index contributed by atoms with van der Waals surface area (Å²) < 4.78 is 5.12. The largest absolute Gasteiger partial charge is 0.456 e. The maximum atomic E-state index is 12.7. The number of carbonyl (C=O) groups excluding carboxylic acids is 4. The van der Waals surface area contributed by atoms with Crippen molar-refractivity contribution in [2.24, 2.45) is 4.99 Å². The molecule has 9 nitrogen and oxygen atoms in total. The van der Waals surface area contributed by atoms with Crippen LogP contribution < -0.4 is 10.6 Å². The van der Waals surface area contributed by atoms with E-state index in [1.807, 2.05) is 5.38 Å². The van der Waals surface area contributed by atoms with E-state index in [0.29, 0.717) is 33.7 Å². The molecular weight excluding hydrogens is 493 g/mol. The third-order valence-corrected chi connectivity index (χ3v) is 7.66. The Hall–Kier alpha value is -1.83. The molecule has 0 aromatic carbocycles. The minimum Gasteiger partial charge on any atom is -0.456 e. The van der Waals surface area contributed by atoms with E-state index >= 15 is 0 Å². The Labute approximate surface area is 203 Å². The molecule has 2 atom stereocenters. The average molecular weight is 515 g/mol. The van der Waals surface area contributed by atoms with Gasteiger partial charge in [0.05, 0.1) is 13.0 Å². The SMILES string of the molecule is CC12CSC(=N1)c1csc(n1)CNC(=O)CC(/C=C/CCSC(=O)S)OC(=O)CNC2=O. The summed E-state index contributed by atoms with van der Waals surface area (Å²) in [5, 5.41) is 8.58. The molecule has 0 aliphatic carbocycles. The quantitative estimate of drug-likeness (QED) is 0.242. The number of hydrogen-bond acceptors (Lipinski definition) is 10. The number of hydrogen-bond donors (Lipinski definition) is 3. The summed E-state index contributed by atoms with van der Waals surface area (Å²) in [5.41, 5.74) is -0.331. The number of carbonyl (C=O) groups is 4. The predicted octanol–water partition coefficient (Wildman–Crippen LogP) is 2.17. The minimum atomic E-state index is -1.00. The molecule has 2 aliphatic rings. The second-order valence-corrected chi connectivity index (χ2v) is 10.8. The molecule has 2 aliphatic heterocycles. The molecule has 4 bridgehead atoms. The summed E-state index contributed by atoms with van der Waals surface area (Å²) in [6, 6.07) is 0. The Balaban J connectivity index is 1.73. The number of aliphatic imine (C=N–C) groups is 1. The maximum absolute atomic E-state index is 12.7. The van der Waals surface area contributed by atoms with Gasteiger partial charge in [0, 0.05) is 16.9 Å². The number of thioether (sulfide) groups is 2. The normalized spacial score (nSPS) is 24.6. The summed E-state index contributed by atoms with van der Waals surface area (Å²) in [7, 11) is 0. The molecule has 2 amide bonds. The van der Waals surface area contributed by atoms with Gasteiger partial charge in [0.2, 0.25) is 16.3 Å². The summed E-state index contributed by atoms with van der Waals surface area (Å²) >= 11 is 7.58. The highest BCUT2D eigenvalue weighted by atomic mass is 32.2. The van der Waals surface area contributed by atoms with E-state index in [9.17, 15) is 19.2 Å². The highest BCUT2D eigenvalue weighted by Gasteiger charge is 2.39. The number of thiol groups is 1. The van der Waals surface area contributed by atoms with E-state index in [4.69, 9.17) is 4.74 Å². The zero-order chi connectivity index (χ0) is 23.1. The van der Waals surface area contributed by atoms with Crippen LogP contribution in [0.25, 0.3) is 0 Å². The molecule has 172 valence electrons. The fourth-order valence-corrected chi connectivity index (χ4v) is 5.46. The number of esters is 1. The van der Waals surface area contributed by atoms with Crippen LogP contribution in [-0.4, -0.2) is 62.0 Å². The fourth-order valence-electron chi connectivity index (χ4n) is 2.83. The van der Waals surface area contributed by atoms with Gasteiger partial charge in [-0.3, -0.25) is 24.2 Å². The zero-order valence-electron chi connectivity index (χ0n) is 17.2. The van der Waals surface area contributed by atoms with Gasteiger partial charge in [-0.25, -0.2) is 4.98 Å². The molecule has 1 aromatic rings. The van der Waals surface area contributed by atoms with Crippen LogP contribution in [0, 0.1) is 0 Å². The number of allylic oxidation sites excluding steroid dienone is 1. The smallest absolute Gasteiger partial charge is 0.326 e. The number of fused-ring (bicyclic) bond motifs is 4. The van der Waals surface area contributed by atoms with Gasteiger partial charge in [0.1, 0.15) is 33.9 Å². The molecule has 13 heteroatoms. The summed E-state index contributed by atoms with van der Waals surface area (Å²) in [5.74, 6) is -0.384. The number of thiazole rings is 1. The first-order chi connectivity index (χ1) is 15.2. The highest BCUT2D eigenvalue weighted by Crippen LogP contribution is 2.31. The number of ether oxygens (including phenoxy) is 1. The predicted molar refractivity (Wildman–Crippen MR) is 129 cm³/mol. The van der Waals surface area contributed by atoms with Crippen molar-refractivity contribution in [3.8, 4) is 0 Å². The van der Waals surface area contributed by atoms with E-state index in [0.717, 1.165) is 11.8 Å². The van der Waals surface area contributed by atoms with Gasteiger partial charge in [-0.15, -0.1) is 23.1 Å². The molecule has 0 saturated heterocycles. The van der Waals surface area contributed by atoms with Crippen LogP contribution in [0.3, 0.4) is 0 Å². The molecule has 3 rings (SSSR count). The van der Waals surface area contributed by atoms with E-state index in [1.165, 1.54) is 23.1 Å². The van der Waals surface area contributed by atoms with Gasteiger partial charge < -0.3 is 15.4 Å². The number of cyclic esters (lactones) is 1. The van der Waals surface area contributed by atoms with Crippen molar-refractivity contribution in [2.75, 3.05) is 18.1 Å². The lowest BCUT2D eigenvalue weighted by Crippen LogP contribution is -2.46. The molecule has 0 fully saturated rings. The second-order valence-electron chi connectivity index (χ2n) is 7.13. The first-order valence-corrected chi connectivity index (χ1v) is 13.0. The summed E-state index contributed by atoms with van der Waals surface area (Å²) in [6.07, 6.45) is 3.01. The average Bonchev–Trinajstić information content (AvgIpc) is 3.36. The van der Waals surface area contributed by atoms with Gasteiger partial charge >= 0.3 is 5.97 Å². The number of amides is 2. The number of nitrogens with zero attached hydrogens (tertiary/aromatic N) is 2. The van der Waals surface area contributed by atoms with Gasteiger partial charge in [-0.05, 0) is 19.4 Å². The van der Waals surface area contributed by atoms with Crippen LogP contribution in [0.5, 0.6) is 0 Å². The molecule has 0 radical (unpaired) electrons. The molecule has 1 aromatic heterocycles. The van der Waals surface area contributed by atoms with E-state index in [2.05, 4.69) is 33.2 Å². The van der Waals surface area contributed by atoms with Crippen LogP contribution >= 0.6 is 47.5 Å². The summed E-state index contributed by atoms with van der Waals surface area (Å²) in [4.78, 5) is 57.3. The third-order valence-electron chi connectivity index (χ3n) is 4.46. The van der Waals surface area contributed by atoms with Gasteiger partial charge in [-0.1, -0.05) is 30.5 Å². The lowest BCUT2D eigenvalue weighted by Gasteiger charge is -2.19. The molecule has 2 unspecified atom stereocenters. The van der Waals surface area contributed by atoms with Crippen molar-refractivity contribution in [2.45, 2.75) is 38.0 Å². The Kier molecular flexibility index (Phi) is 8.79. The van der Waals surface area contributed by atoms with Crippen molar-refractivity contribution in [1.82, 2.24) is 15.6 Å². The molecule has 0 saturated carbocycles. The Morgan fingerprint density at radius 2 is 2.19 bits per heavy atom. The Morgan fingerprint density at radius 3 is 2.97 bits per heavy atom. The molecule has 3 heterocycles. The van der Waals surface area contributed by atoms with Crippen LogP contribution in [0.4, 0.5) is 4.79 Å². The van der Waals surface area contributed by atoms with Crippen molar-refractivity contribution in [1.29, 1.82) is 0 Å². The lowest BCUT2D eigenvalue weighted by molar-refractivity contribution is -0.148. The number of aromatic nitrogens is 1. The minimum absolute atomic E-state index is 0.0761. The number of rotatable bonds is 4. The van der Waals surface area contributed by atoms with Crippen LogP contribution in [0.15, 0.2) is 22.5 Å². The van der Waals surface area contributed by atoms with Crippen LogP contribution in [0.2, 0.25) is 0 Å². The second kappa shape index (κ2) is 11.3. The first-order valence-electron chi connectivity index (χ1n) is 9.69. The van der Waals surface area contributed by atoms with Crippen molar-refractivity contribution in [3.63, 3.8) is 0 Å². The van der Waals surface area contributed by atoms with Gasteiger partial charge in [0.15, 0.2) is 0 Å². The Bertz CT molecular complexity index is 963. The molecule has 0 spiro atoms. The first kappa shape index (κ1) is 24.8. The van der Waals surface area contributed by atoms with E-state index < -0.39 is 17.6 Å². The van der Waals surface area contributed by atoms with Crippen LogP contribution in [0.1, 0.15) is 30.5 Å². The van der Waals surface area contributed by atoms with Gasteiger partial charge in [0.25, 0.3) is 0 Å². The monoisotopic (exact) mass is 514 g/mol. The van der Waals surface area contributed by atoms with E-state index in [-0.39, 0.29) is 35.8 Å². The van der Waals surface area contributed by atoms with Crippen molar-refractivity contribution in [3.05, 3.63) is 28.2 Å². The maximum Gasteiger partial charge on any atom is 0.326 e. The van der Waals surface area contributed by atoms with Gasteiger partial charge in [-0.2, -0.15) is 0 Å². The molecule has 32 heavy (non-hydrogen) atoms.